The highest BCUT2D eigenvalue weighted by molar-refractivity contribution is 5.87. The molecule has 1 heteroatoms. The molecule has 0 aromatic carbocycles. The lowest BCUT2D eigenvalue weighted by atomic mass is 9.57. The Labute approximate surface area is 142 Å². The predicted molar refractivity (Wildman–Crippen MR) is 97.2 cm³/mol. The van der Waals surface area contributed by atoms with E-state index in [4.69, 9.17) is 0 Å². The van der Waals surface area contributed by atoms with Gasteiger partial charge in [0.2, 0.25) is 0 Å². The zero-order valence-corrected chi connectivity index (χ0v) is 15.5. The van der Waals surface area contributed by atoms with Gasteiger partial charge >= 0.3 is 0 Å². The van der Waals surface area contributed by atoms with E-state index < -0.39 is 0 Å². The third-order valence-electron chi connectivity index (χ3n) is 7.16. The maximum absolute atomic E-state index is 12.3. The normalized spacial score (nSPS) is 42.2. The average molecular weight is 315 g/mol. The highest BCUT2D eigenvalue weighted by atomic mass is 16.1. The van der Waals surface area contributed by atoms with Crippen molar-refractivity contribution in [3.05, 3.63) is 23.3 Å². The molecule has 0 spiro atoms. The first-order chi connectivity index (χ1) is 11.1. The van der Waals surface area contributed by atoms with E-state index in [9.17, 15) is 4.79 Å². The maximum Gasteiger partial charge on any atom is 0.139 e. The number of Topliss-reactive ketones (excluding diaryl/α,β-unsaturated/α-hetero) is 1. The Morgan fingerprint density at radius 1 is 1.04 bits per heavy atom. The second-order valence-corrected chi connectivity index (χ2v) is 8.29. The molecule has 0 N–H and O–H groups in total. The molecule has 0 aromatic rings. The van der Waals surface area contributed by atoms with Crippen molar-refractivity contribution >= 4 is 5.78 Å². The van der Waals surface area contributed by atoms with Crippen LogP contribution in [0.5, 0.6) is 0 Å². The van der Waals surface area contributed by atoms with Crippen LogP contribution in [0.25, 0.3) is 0 Å². The summed E-state index contributed by atoms with van der Waals surface area (Å²) in [5, 5.41) is 0. The number of fused-ring (bicyclic) bond motifs is 5. The molecule has 2 unspecified atom stereocenters. The Hall–Kier alpha value is -0.850. The number of hydrogen-bond donors (Lipinski definition) is 0. The van der Waals surface area contributed by atoms with Crippen molar-refractivity contribution in [2.24, 2.45) is 29.1 Å². The zero-order chi connectivity index (χ0) is 16.6. The molecule has 0 bridgehead atoms. The maximum atomic E-state index is 12.3. The van der Waals surface area contributed by atoms with Gasteiger partial charge in [0.25, 0.3) is 0 Å². The van der Waals surface area contributed by atoms with Gasteiger partial charge in [-0.1, -0.05) is 51.0 Å². The van der Waals surface area contributed by atoms with E-state index in [1.807, 2.05) is 13.8 Å². The van der Waals surface area contributed by atoms with Crippen LogP contribution in [0.4, 0.5) is 0 Å². The van der Waals surface area contributed by atoms with Crippen LogP contribution in [0.3, 0.4) is 0 Å². The fraction of sp³-hybridized carbons (Fsp3) is 0.773. The van der Waals surface area contributed by atoms with Crippen molar-refractivity contribution in [2.45, 2.75) is 79.1 Å². The lowest BCUT2D eigenvalue weighted by Gasteiger charge is -2.46. The molecule has 2 saturated carbocycles. The summed E-state index contributed by atoms with van der Waals surface area (Å²) in [5.74, 6) is 3.54. The summed E-state index contributed by atoms with van der Waals surface area (Å²) in [5.41, 5.74) is 3.40. The second-order valence-electron chi connectivity index (χ2n) is 8.29. The van der Waals surface area contributed by atoms with Crippen molar-refractivity contribution in [3.63, 3.8) is 0 Å². The minimum Gasteiger partial charge on any atom is -0.299 e. The lowest BCUT2D eigenvalue weighted by Crippen LogP contribution is -2.40. The summed E-state index contributed by atoms with van der Waals surface area (Å²) in [6.45, 7) is 8.65. The van der Waals surface area contributed by atoms with E-state index in [0.717, 1.165) is 37.0 Å². The smallest absolute Gasteiger partial charge is 0.139 e. The van der Waals surface area contributed by atoms with Gasteiger partial charge in [-0.15, -0.1) is 0 Å². The summed E-state index contributed by atoms with van der Waals surface area (Å²) in [6, 6.07) is 0. The van der Waals surface area contributed by atoms with Crippen molar-refractivity contribution in [1.29, 1.82) is 0 Å². The molecule has 128 valence electrons. The molecular formula is C22H34O. The second kappa shape index (κ2) is 6.57. The molecule has 23 heavy (non-hydrogen) atoms. The number of carbonyl (C=O) groups excluding carboxylic acids is 1. The first kappa shape index (κ1) is 17.0. The van der Waals surface area contributed by atoms with Gasteiger partial charge < -0.3 is 0 Å². The van der Waals surface area contributed by atoms with Crippen LogP contribution in [-0.2, 0) is 4.79 Å². The SMILES string of the molecule is CC.C[C@@H]1CC=C2CC=C3C(CC[C@]4(C)C(=O)CCC34)[C@@H]2CC1. The standard InChI is InChI=1S/C20H28O.C2H6/c1-13-3-5-14-6-8-17-16(15(14)7-4-13)11-12-20(2)18(17)9-10-19(20)21;1-2/h5,8,13,15-16,18H,3-4,6-7,9-12H2,1-2H3;1-2H3/t13-,15-,16?,18?,20+;/m1./s1. The van der Waals surface area contributed by atoms with Gasteiger partial charge in [-0.25, -0.2) is 0 Å². The van der Waals surface area contributed by atoms with E-state index in [2.05, 4.69) is 26.0 Å². The molecule has 1 nitrogen and oxygen atoms in total. The van der Waals surface area contributed by atoms with Crippen LogP contribution >= 0.6 is 0 Å². The number of allylic oxidation sites excluding steroid dienone is 4. The molecule has 4 rings (SSSR count). The molecule has 0 heterocycles. The van der Waals surface area contributed by atoms with Gasteiger partial charge in [0, 0.05) is 11.8 Å². The van der Waals surface area contributed by atoms with Crippen LogP contribution in [-0.4, -0.2) is 5.78 Å². The third-order valence-corrected chi connectivity index (χ3v) is 7.16. The van der Waals surface area contributed by atoms with Crippen molar-refractivity contribution in [2.75, 3.05) is 0 Å². The largest absolute Gasteiger partial charge is 0.299 e. The summed E-state index contributed by atoms with van der Waals surface area (Å²) in [6.07, 6.45) is 14.6. The van der Waals surface area contributed by atoms with E-state index in [1.54, 1.807) is 11.1 Å². The highest BCUT2D eigenvalue weighted by Crippen LogP contribution is 2.58. The van der Waals surface area contributed by atoms with Gasteiger partial charge in [-0.05, 0) is 68.6 Å². The molecule has 0 saturated heterocycles. The Kier molecular flexibility index (Phi) is 4.85. The molecule has 0 amide bonds. The van der Waals surface area contributed by atoms with Crippen LogP contribution in [0, 0.1) is 29.1 Å². The minimum atomic E-state index is -0.0123. The monoisotopic (exact) mass is 314 g/mol. The molecule has 2 fully saturated rings. The predicted octanol–water partition coefficient (Wildman–Crippen LogP) is 6.10. The van der Waals surface area contributed by atoms with Gasteiger partial charge in [0.1, 0.15) is 5.78 Å². The van der Waals surface area contributed by atoms with E-state index in [-0.39, 0.29) is 5.41 Å². The lowest BCUT2D eigenvalue weighted by molar-refractivity contribution is -0.127. The zero-order valence-electron chi connectivity index (χ0n) is 15.5. The number of ketones is 1. The van der Waals surface area contributed by atoms with Crippen LogP contribution in [0.2, 0.25) is 0 Å². The summed E-state index contributed by atoms with van der Waals surface area (Å²) >= 11 is 0. The first-order valence-corrected chi connectivity index (χ1v) is 10.0. The van der Waals surface area contributed by atoms with Crippen LogP contribution in [0.15, 0.2) is 23.3 Å². The Morgan fingerprint density at radius 3 is 2.61 bits per heavy atom. The van der Waals surface area contributed by atoms with Gasteiger partial charge in [0.05, 0.1) is 0 Å². The van der Waals surface area contributed by atoms with E-state index in [0.29, 0.717) is 11.7 Å². The highest BCUT2D eigenvalue weighted by Gasteiger charge is 2.53. The molecule has 4 aliphatic rings. The van der Waals surface area contributed by atoms with Crippen molar-refractivity contribution in [3.8, 4) is 0 Å². The topological polar surface area (TPSA) is 17.1 Å². The van der Waals surface area contributed by atoms with Crippen LogP contribution < -0.4 is 0 Å². The fourth-order valence-corrected chi connectivity index (χ4v) is 5.73. The summed E-state index contributed by atoms with van der Waals surface area (Å²) in [7, 11) is 0. The minimum absolute atomic E-state index is 0.0123. The summed E-state index contributed by atoms with van der Waals surface area (Å²) in [4.78, 5) is 12.3. The number of rotatable bonds is 0. The van der Waals surface area contributed by atoms with Crippen molar-refractivity contribution in [1.82, 2.24) is 0 Å². The fourth-order valence-electron chi connectivity index (χ4n) is 5.73. The van der Waals surface area contributed by atoms with E-state index in [1.165, 1.54) is 32.1 Å². The molecule has 0 radical (unpaired) electrons. The number of carbonyl (C=O) groups is 1. The summed E-state index contributed by atoms with van der Waals surface area (Å²) < 4.78 is 0. The van der Waals surface area contributed by atoms with E-state index >= 15 is 0 Å². The first-order valence-electron chi connectivity index (χ1n) is 10.0. The van der Waals surface area contributed by atoms with Crippen molar-refractivity contribution < 1.29 is 4.79 Å². The molecule has 4 aliphatic carbocycles. The Bertz CT molecular complexity index is 526. The Morgan fingerprint density at radius 2 is 1.83 bits per heavy atom. The Balaban J connectivity index is 0.000000753. The quantitative estimate of drug-likeness (QED) is 0.494. The third kappa shape index (κ3) is 2.75. The van der Waals surface area contributed by atoms with Crippen LogP contribution in [0.1, 0.15) is 79.1 Å². The number of hydrogen-bond acceptors (Lipinski definition) is 1. The molecule has 5 atom stereocenters. The molecule has 0 aliphatic heterocycles. The van der Waals surface area contributed by atoms with Gasteiger partial charge in [-0.3, -0.25) is 4.79 Å². The molecular weight excluding hydrogens is 280 g/mol. The average Bonchev–Trinajstić information content (AvgIpc) is 2.75. The van der Waals surface area contributed by atoms with Gasteiger partial charge in [-0.2, -0.15) is 0 Å². The van der Waals surface area contributed by atoms with Gasteiger partial charge in [0.15, 0.2) is 0 Å². The molecule has 0 aromatic heterocycles.